The minimum Gasteiger partial charge on any atom is -0.313 e. The third-order valence-corrected chi connectivity index (χ3v) is 3.45. The van der Waals surface area contributed by atoms with E-state index in [1.165, 1.54) is 6.07 Å². The van der Waals surface area contributed by atoms with E-state index < -0.39 is 5.82 Å². The summed E-state index contributed by atoms with van der Waals surface area (Å²) >= 11 is 5.66. The summed E-state index contributed by atoms with van der Waals surface area (Å²) in [6.45, 7) is 2.65. The maximum absolute atomic E-state index is 13.4. The topological polar surface area (TPSA) is 29.9 Å². The Bertz CT molecular complexity index is 549. The molecule has 0 aliphatic heterocycles. The Morgan fingerprint density at radius 1 is 1.47 bits per heavy atom. The summed E-state index contributed by atoms with van der Waals surface area (Å²) < 4.78 is 15.2. The van der Waals surface area contributed by atoms with Crippen molar-refractivity contribution in [1.29, 1.82) is 0 Å². The normalized spacial score (nSPS) is 12.6. The van der Waals surface area contributed by atoms with Crippen LogP contribution in [0.15, 0.2) is 30.6 Å². The first-order valence-corrected chi connectivity index (χ1v) is 6.65. The molecular weight excluding hydrogens is 265 g/mol. The van der Waals surface area contributed by atoms with E-state index in [4.69, 9.17) is 11.6 Å². The van der Waals surface area contributed by atoms with Gasteiger partial charge in [-0.25, -0.2) is 4.39 Å². The van der Waals surface area contributed by atoms with E-state index in [2.05, 4.69) is 17.3 Å². The number of nitrogens with zero attached hydrogens (tertiary/aromatic N) is 2. The van der Waals surface area contributed by atoms with E-state index >= 15 is 0 Å². The van der Waals surface area contributed by atoms with E-state index in [1.807, 2.05) is 25.5 Å². The van der Waals surface area contributed by atoms with E-state index in [1.54, 1.807) is 10.7 Å². The monoisotopic (exact) mass is 281 g/mol. The highest BCUT2D eigenvalue weighted by Crippen LogP contribution is 2.18. The molecule has 1 aromatic carbocycles. The predicted octanol–water partition coefficient (Wildman–Crippen LogP) is 3.39. The highest BCUT2D eigenvalue weighted by atomic mass is 35.5. The van der Waals surface area contributed by atoms with Gasteiger partial charge in [0.1, 0.15) is 5.82 Å². The molecule has 19 heavy (non-hydrogen) atoms. The van der Waals surface area contributed by atoms with Gasteiger partial charge in [0, 0.05) is 17.8 Å². The average molecular weight is 282 g/mol. The number of hydrogen-bond acceptors (Lipinski definition) is 2. The fraction of sp³-hybridized carbons (Fsp3) is 0.357. The molecule has 0 amide bonds. The molecule has 2 aromatic rings. The molecule has 0 fully saturated rings. The van der Waals surface area contributed by atoms with Crippen LogP contribution in [0.5, 0.6) is 0 Å². The summed E-state index contributed by atoms with van der Waals surface area (Å²) in [4.78, 5) is 0. The van der Waals surface area contributed by atoms with Gasteiger partial charge in [-0.3, -0.25) is 4.68 Å². The zero-order valence-electron chi connectivity index (χ0n) is 11.0. The number of rotatable bonds is 5. The largest absolute Gasteiger partial charge is 0.313 e. The van der Waals surface area contributed by atoms with Crippen LogP contribution in [0.1, 0.15) is 30.5 Å². The van der Waals surface area contributed by atoms with Crippen LogP contribution in [0.25, 0.3) is 0 Å². The molecule has 0 saturated heterocycles. The van der Waals surface area contributed by atoms with Crippen molar-refractivity contribution < 1.29 is 4.39 Å². The quantitative estimate of drug-likeness (QED) is 0.910. The Balaban J connectivity index is 2.13. The van der Waals surface area contributed by atoms with Crippen LogP contribution >= 0.6 is 11.6 Å². The van der Waals surface area contributed by atoms with Gasteiger partial charge in [0.15, 0.2) is 0 Å². The highest BCUT2D eigenvalue weighted by molar-refractivity contribution is 6.30. The molecule has 1 unspecified atom stereocenters. The van der Waals surface area contributed by atoms with Crippen molar-refractivity contribution in [3.05, 3.63) is 52.6 Å². The lowest BCUT2D eigenvalue weighted by atomic mass is 10.1. The number of nitrogens with one attached hydrogen (secondary N) is 1. The van der Waals surface area contributed by atoms with Gasteiger partial charge < -0.3 is 5.32 Å². The first kappa shape index (κ1) is 14.0. The third kappa shape index (κ3) is 3.33. The van der Waals surface area contributed by atoms with Gasteiger partial charge in [-0.2, -0.15) is 5.10 Å². The number of benzene rings is 1. The fourth-order valence-electron chi connectivity index (χ4n) is 2.08. The summed E-state index contributed by atoms with van der Waals surface area (Å²) in [5.74, 6) is -0.395. The van der Waals surface area contributed by atoms with Crippen LogP contribution in [-0.4, -0.2) is 16.8 Å². The molecule has 5 heteroatoms. The van der Waals surface area contributed by atoms with Crippen LogP contribution in [0.2, 0.25) is 5.02 Å². The second-order valence-corrected chi connectivity index (χ2v) is 4.88. The predicted molar refractivity (Wildman–Crippen MR) is 74.8 cm³/mol. The minimum absolute atomic E-state index is 0.145. The Morgan fingerprint density at radius 2 is 2.26 bits per heavy atom. The number of aromatic nitrogens is 2. The number of halogens is 2. The van der Waals surface area contributed by atoms with Crippen LogP contribution < -0.4 is 5.32 Å². The van der Waals surface area contributed by atoms with Crippen molar-refractivity contribution in [2.75, 3.05) is 7.05 Å². The zero-order valence-corrected chi connectivity index (χ0v) is 11.8. The summed E-state index contributed by atoms with van der Waals surface area (Å²) in [7, 11) is 1.93. The molecule has 0 bridgehead atoms. The van der Waals surface area contributed by atoms with Crippen molar-refractivity contribution in [2.45, 2.75) is 25.9 Å². The fourth-order valence-corrected chi connectivity index (χ4v) is 2.20. The zero-order chi connectivity index (χ0) is 13.8. The molecule has 2 rings (SSSR count). The van der Waals surface area contributed by atoms with Gasteiger partial charge in [0.05, 0.1) is 17.8 Å². The minimum atomic E-state index is -0.395. The SMILES string of the molecule is CCC(NC)c1cnn(Cc2ccc(Cl)c(F)c2)c1. The lowest BCUT2D eigenvalue weighted by Gasteiger charge is -2.10. The van der Waals surface area contributed by atoms with Crippen LogP contribution in [-0.2, 0) is 6.54 Å². The van der Waals surface area contributed by atoms with Crippen molar-refractivity contribution >= 4 is 11.6 Å². The van der Waals surface area contributed by atoms with Crippen LogP contribution in [0.3, 0.4) is 0 Å². The van der Waals surface area contributed by atoms with Crippen molar-refractivity contribution in [2.24, 2.45) is 0 Å². The second-order valence-electron chi connectivity index (χ2n) is 4.47. The molecule has 1 atom stereocenters. The molecule has 0 radical (unpaired) electrons. The van der Waals surface area contributed by atoms with Gasteiger partial charge in [0.25, 0.3) is 0 Å². The maximum atomic E-state index is 13.4. The van der Waals surface area contributed by atoms with E-state index in [0.717, 1.165) is 17.5 Å². The van der Waals surface area contributed by atoms with Crippen LogP contribution in [0.4, 0.5) is 4.39 Å². The Morgan fingerprint density at radius 3 is 2.89 bits per heavy atom. The van der Waals surface area contributed by atoms with Gasteiger partial charge >= 0.3 is 0 Å². The first-order chi connectivity index (χ1) is 9.13. The van der Waals surface area contributed by atoms with E-state index in [9.17, 15) is 4.39 Å². The summed E-state index contributed by atoms with van der Waals surface area (Å²) in [6, 6.07) is 5.12. The van der Waals surface area contributed by atoms with E-state index in [-0.39, 0.29) is 5.02 Å². The van der Waals surface area contributed by atoms with Gasteiger partial charge in [-0.1, -0.05) is 24.6 Å². The summed E-state index contributed by atoms with van der Waals surface area (Å²) in [5.41, 5.74) is 1.98. The van der Waals surface area contributed by atoms with Crippen LogP contribution in [0, 0.1) is 5.82 Å². The second kappa shape index (κ2) is 6.17. The third-order valence-electron chi connectivity index (χ3n) is 3.14. The molecule has 0 aliphatic carbocycles. The smallest absolute Gasteiger partial charge is 0.142 e. The summed E-state index contributed by atoms with van der Waals surface area (Å²) in [6.07, 6.45) is 4.83. The Labute approximate surface area is 117 Å². The summed E-state index contributed by atoms with van der Waals surface area (Å²) in [5, 5.41) is 7.68. The standard InChI is InChI=1S/C14H17ClFN3/c1-3-14(17-2)11-7-18-19(9-11)8-10-4-5-12(15)13(16)6-10/h4-7,9,14,17H,3,8H2,1-2H3. The lowest BCUT2D eigenvalue weighted by molar-refractivity contribution is 0.575. The molecule has 0 aliphatic rings. The van der Waals surface area contributed by atoms with Crippen molar-refractivity contribution in [1.82, 2.24) is 15.1 Å². The molecule has 1 aromatic heterocycles. The van der Waals surface area contributed by atoms with E-state index in [0.29, 0.717) is 12.6 Å². The first-order valence-electron chi connectivity index (χ1n) is 6.27. The van der Waals surface area contributed by atoms with Gasteiger partial charge in [-0.05, 0) is 31.2 Å². The molecule has 0 spiro atoms. The molecule has 0 saturated carbocycles. The molecular formula is C14H17ClFN3. The highest BCUT2D eigenvalue weighted by Gasteiger charge is 2.09. The van der Waals surface area contributed by atoms with Gasteiger partial charge in [0.2, 0.25) is 0 Å². The van der Waals surface area contributed by atoms with Crippen molar-refractivity contribution in [3.8, 4) is 0 Å². The van der Waals surface area contributed by atoms with Crippen molar-refractivity contribution in [3.63, 3.8) is 0 Å². The molecule has 3 nitrogen and oxygen atoms in total. The molecule has 1 N–H and O–H groups in total. The maximum Gasteiger partial charge on any atom is 0.142 e. The Hall–Kier alpha value is -1.39. The number of hydrogen-bond donors (Lipinski definition) is 1. The average Bonchev–Trinajstić information content (AvgIpc) is 2.84. The molecule has 1 heterocycles. The lowest BCUT2D eigenvalue weighted by Crippen LogP contribution is -2.14. The molecule has 102 valence electrons. The Kier molecular flexibility index (Phi) is 4.56. The van der Waals surface area contributed by atoms with Gasteiger partial charge in [-0.15, -0.1) is 0 Å².